The van der Waals surface area contributed by atoms with Gasteiger partial charge < -0.3 is 0 Å². The lowest BCUT2D eigenvalue weighted by Crippen LogP contribution is -2.29. The summed E-state index contributed by atoms with van der Waals surface area (Å²) in [5, 5.41) is 5.61. The van der Waals surface area contributed by atoms with Crippen LogP contribution >= 0.6 is 0 Å². The van der Waals surface area contributed by atoms with E-state index in [1.807, 2.05) is 36.1 Å². The summed E-state index contributed by atoms with van der Waals surface area (Å²) < 4.78 is 1.84. The molecule has 3 aromatic rings. The van der Waals surface area contributed by atoms with Crippen molar-refractivity contribution in [2.24, 2.45) is 12.9 Å². The minimum absolute atomic E-state index is 0.0958. The van der Waals surface area contributed by atoms with E-state index in [2.05, 4.69) is 34.6 Å². The van der Waals surface area contributed by atoms with Crippen LogP contribution in [0.5, 0.6) is 0 Å². The molecule has 2 aromatic heterocycles. The number of benzene rings is 1. The molecule has 5 nitrogen and oxygen atoms in total. The fraction of sp³-hybridized carbons (Fsp3) is 0.250. The van der Waals surface area contributed by atoms with Gasteiger partial charge in [-0.2, -0.15) is 5.10 Å². The van der Waals surface area contributed by atoms with Crippen molar-refractivity contribution in [2.45, 2.75) is 19.4 Å². The molecular formula is C16H19N5. The predicted molar refractivity (Wildman–Crippen MR) is 83.5 cm³/mol. The fourth-order valence-corrected chi connectivity index (χ4v) is 2.79. The molecule has 0 bridgehead atoms. The quantitative estimate of drug-likeness (QED) is 0.567. The number of nitrogens with one attached hydrogen (secondary N) is 1. The van der Waals surface area contributed by atoms with Crippen LogP contribution in [-0.2, 0) is 13.5 Å². The van der Waals surface area contributed by atoms with Crippen molar-refractivity contribution in [1.29, 1.82) is 0 Å². The molecule has 108 valence electrons. The van der Waals surface area contributed by atoms with Crippen LogP contribution in [0, 0.1) is 0 Å². The average Bonchev–Trinajstić information content (AvgIpc) is 2.89. The Morgan fingerprint density at radius 2 is 2.10 bits per heavy atom. The van der Waals surface area contributed by atoms with Crippen molar-refractivity contribution < 1.29 is 0 Å². The van der Waals surface area contributed by atoms with Gasteiger partial charge in [0.05, 0.1) is 17.3 Å². The van der Waals surface area contributed by atoms with Crippen LogP contribution in [0.25, 0.3) is 10.9 Å². The molecule has 0 aliphatic carbocycles. The molecule has 0 aliphatic rings. The average molecular weight is 281 g/mol. The number of hydrogen-bond donors (Lipinski definition) is 2. The van der Waals surface area contributed by atoms with Gasteiger partial charge in [0.1, 0.15) is 0 Å². The fourth-order valence-electron chi connectivity index (χ4n) is 2.79. The first-order valence-corrected chi connectivity index (χ1v) is 7.06. The van der Waals surface area contributed by atoms with Crippen LogP contribution in [0.3, 0.4) is 0 Å². The Balaban J connectivity index is 2.18. The SMILES string of the molecule is CCc1nn(C)cc1C(NN)c1cccc2ncccc12. The Morgan fingerprint density at radius 1 is 1.24 bits per heavy atom. The maximum atomic E-state index is 5.85. The molecule has 0 radical (unpaired) electrons. The van der Waals surface area contributed by atoms with Crippen molar-refractivity contribution in [2.75, 3.05) is 0 Å². The summed E-state index contributed by atoms with van der Waals surface area (Å²) in [6, 6.07) is 10.0. The second-order valence-electron chi connectivity index (χ2n) is 5.08. The van der Waals surface area contributed by atoms with Crippen molar-refractivity contribution in [3.8, 4) is 0 Å². The monoisotopic (exact) mass is 281 g/mol. The zero-order valence-corrected chi connectivity index (χ0v) is 12.2. The number of aromatic nitrogens is 3. The number of pyridine rings is 1. The highest BCUT2D eigenvalue weighted by atomic mass is 15.3. The maximum Gasteiger partial charge on any atom is 0.0750 e. The lowest BCUT2D eigenvalue weighted by molar-refractivity contribution is 0.635. The molecule has 5 heteroatoms. The molecule has 0 saturated carbocycles. The molecule has 2 heterocycles. The Hall–Kier alpha value is -2.24. The lowest BCUT2D eigenvalue weighted by Gasteiger charge is -2.18. The van der Waals surface area contributed by atoms with Crippen LogP contribution in [0.2, 0.25) is 0 Å². The highest BCUT2D eigenvalue weighted by molar-refractivity contribution is 5.83. The minimum atomic E-state index is -0.0958. The Bertz CT molecular complexity index is 757. The zero-order valence-electron chi connectivity index (χ0n) is 12.2. The second kappa shape index (κ2) is 5.63. The summed E-state index contributed by atoms with van der Waals surface area (Å²) >= 11 is 0. The van der Waals surface area contributed by atoms with E-state index in [-0.39, 0.29) is 6.04 Å². The van der Waals surface area contributed by atoms with Crippen molar-refractivity contribution in [3.05, 3.63) is 59.5 Å². The maximum absolute atomic E-state index is 5.85. The number of hydrazine groups is 1. The Kier molecular flexibility index (Phi) is 3.68. The molecule has 3 rings (SSSR count). The number of nitrogens with zero attached hydrogens (tertiary/aromatic N) is 3. The molecule has 0 fully saturated rings. The highest BCUT2D eigenvalue weighted by Gasteiger charge is 2.20. The molecule has 1 atom stereocenters. The van der Waals surface area contributed by atoms with E-state index in [0.717, 1.165) is 34.1 Å². The first-order valence-electron chi connectivity index (χ1n) is 7.06. The molecule has 0 amide bonds. The third-order valence-corrected chi connectivity index (χ3v) is 3.74. The molecule has 0 aliphatic heterocycles. The van der Waals surface area contributed by atoms with Gasteiger partial charge in [-0.25, -0.2) is 5.43 Å². The second-order valence-corrected chi connectivity index (χ2v) is 5.08. The van der Waals surface area contributed by atoms with Gasteiger partial charge in [-0.3, -0.25) is 15.5 Å². The van der Waals surface area contributed by atoms with Gasteiger partial charge in [0.25, 0.3) is 0 Å². The van der Waals surface area contributed by atoms with E-state index >= 15 is 0 Å². The Morgan fingerprint density at radius 3 is 2.86 bits per heavy atom. The molecule has 21 heavy (non-hydrogen) atoms. The largest absolute Gasteiger partial charge is 0.275 e. The summed E-state index contributed by atoms with van der Waals surface area (Å²) in [6.45, 7) is 2.10. The van der Waals surface area contributed by atoms with E-state index in [1.54, 1.807) is 6.20 Å². The first kappa shape index (κ1) is 13.7. The third-order valence-electron chi connectivity index (χ3n) is 3.74. The summed E-state index contributed by atoms with van der Waals surface area (Å²) in [4.78, 5) is 4.41. The molecule has 0 spiro atoms. The van der Waals surface area contributed by atoms with Gasteiger partial charge in [0, 0.05) is 30.4 Å². The van der Waals surface area contributed by atoms with Gasteiger partial charge in [-0.15, -0.1) is 0 Å². The molecule has 0 saturated heterocycles. The summed E-state index contributed by atoms with van der Waals surface area (Å²) in [5.41, 5.74) is 7.19. The molecular weight excluding hydrogens is 262 g/mol. The number of hydrogen-bond acceptors (Lipinski definition) is 4. The number of nitrogens with two attached hydrogens (primary N) is 1. The van der Waals surface area contributed by atoms with Crippen LogP contribution in [0.15, 0.2) is 42.7 Å². The van der Waals surface area contributed by atoms with Gasteiger partial charge in [-0.1, -0.05) is 25.1 Å². The van der Waals surface area contributed by atoms with E-state index < -0.39 is 0 Å². The smallest absolute Gasteiger partial charge is 0.0750 e. The standard InChI is InChI=1S/C16H19N5/c1-3-14-13(10-21(2)20-14)16(19-17)12-6-4-8-15-11(12)7-5-9-18-15/h4-10,16,19H,3,17H2,1-2H3. The van der Waals surface area contributed by atoms with E-state index in [1.165, 1.54) is 0 Å². The predicted octanol–water partition coefficient (Wildman–Crippen LogP) is 2.08. The van der Waals surface area contributed by atoms with Crippen LogP contribution in [0.1, 0.15) is 29.8 Å². The number of aryl methyl sites for hydroxylation is 2. The van der Waals surface area contributed by atoms with Crippen LogP contribution < -0.4 is 11.3 Å². The summed E-state index contributed by atoms with van der Waals surface area (Å²) in [7, 11) is 1.93. The van der Waals surface area contributed by atoms with Gasteiger partial charge in [-0.05, 0) is 24.1 Å². The van der Waals surface area contributed by atoms with Crippen molar-refractivity contribution in [3.63, 3.8) is 0 Å². The minimum Gasteiger partial charge on any atom is -0.275 e. The van der Waals surface area contributed by atoms with E-state index in [4.69, 9.17) is 5.84 Å². The third kappa shape index (κ3) is 2.41. The number of fused-ring (bicyclic) bond motifs is 1. The summed E-state index contributed by atoms with van der Waals surface area (Å²) in [5.74, 6) is 5.85. The Labute approximate surface area is 123 Å². The summed E-state index contributed by atoms with van der Waals surface area (Å²) in [6.07, 6.45) is 4.70. The topological polar surface area (TPSA) is 68.8 Å². The van der Waals surface area contributed by atoms with Gasteiger partial charge in [0.15, 0.2) is 0 Å². The van der Waals surface area contributed by atoms with Gasteiger partial charge in [0.2, 0.25) is 0 Å². The van der Waals surface area contributed by atoms with Gasteiger partial charge >= 0.3 is 0 Å². The van der Waals surface area contributed by atoms with Crippen LogP contribution in [0.4, 0.5) is 0 Å². The van der Waals surface area contributed by atoms with Crippen molar-refractivity contribution in [1.82, 2.24) is 20.2 Å². The zero-order chi connectivity index (χ0) is 14.8. The van der Waals surface area contributed by atoms with E-state index in [9.17, 15) is 0 Å². The highest BCUT2D eigenvalue weighted by Crippen LogP contribution is 2.29. The van der Waals surface area contributed by atoms with E-state index in [0.29, 0.717) is 0 Å². The van der Waals surface area contributed by atoms with Crippen LogP contribution in [-0.4, -0.2) is 14.8 Å². The molecule has 3 N–H and O–H groups in total. The molecule has 1 unspecified atom stereocenters. The number of rotatable bonds is 4. The van der Waals surface area contributed by atoms with Crippen molar-refractivity contribution >= 4 is 10.9 Å². The lowest BCUT2D eigenvalue weighted by atomic mass is 9.95. The first-order chi connectivity index (χ1) is 10.2. The molecule has 1 aromatic carbocycles. The normalized spacial score (nSPS) is 12.7.